The Labute approximate surface area is 164 Å². The van der Waals surface area contributed by atoms with Gasteiger partial charge in [-0.2, -0.15) is 4.98 Å². The van der Waals surface area contributed by atoms with E-state index in [0.29, 0.717) is 35.3 Å². The van der Waals surface area contributed by atoms with Crippen molar-refractivity contribution in [3.05, 3.63) is 36.3 Å². The molecule has 0 saturated carbocycles. The lowest BCUT2D eigenvalue weighted by Gasteiger charge is -2.28. The van der Waals surface area contributed by atoms with Gasteiger partial charge < -0.3 is 24.9 Å². The molecule has 1 unspecified atom stereocenters. The molecule has 0 aliphatic heterocycles. The number of nitrogens with zero attached hydrogens (tertiary/aromatic N) is 3. The molecule has 28 heavy (non-hydrogen) atoms. The molecule has 0 aliphatic rings. The van der Waals surface area contributed by atoms with Crippen LogP contribution in [0.2, 0.25) is 0 Å². The van der Waals surface area contributed by atoms with E-state index in [-0.39, 0.29) is 6.04 Å². The van der Waals surface area contributed by atoms with Crippen LogP contribution in [0.3, 0.4) is 0 Å². The van der Waals surface area contributed by atoms with Crippen molar-refractivity contribution >= 4 is 22.7 Å². The second kappa shape index (κ2) is 8.79. The van der Waals surface area contributed by atoms with Gasteiger partial charge in [-0.15, -0.1) is 0 Å². The number of nitrogens with two attached hydrogens (primary N) is 1. The first-order chi connectivity index (χ1) is 13.6. The lowest BCUT2D eigenvalue weighted by molar-refractivity contribution is 0.201. The largest absolute Gasteiger partial charge is 0.493 e. The van der Waals surface area contributed by atoms with Crippen LogP contribution < -0.4 is 20.5 Å². The molecule has 3 rings (SSSR count). The number of fused-ring (bicyclic) bond motifs is 1. The Balaban J connectivity index is 1.88. The Hall–Kier alpha value is -3.00. The van der Waals surface area contributed by atoms with Gasteiger partial charge in [0.2, 0.25) is 5.95 Å². The number of aromatic nitrogens is 2. The fourth-order valence-corrected chi connectivity index (χ4v) is 3.30. The first-order valence-corrected chi connectivity index (χ1v) is 9.31. The molecule has 0 amide bonds. The number of nitrogen functional groups attached to an aromatic ring is 1. The fourth-order valence-electron chi connectivity index (χ4n) is 3.30. The van der Waals surface area contributed by atoms with Crippen LogP contribution in [0.1, 0.15) is 25.6 Å². The van der Waals surface area contributed by atoms with E-state index in [1.807, 2.05) is 12.1 Å². The maximum Gasteiger partial charge on any atom is 0.225 e. The van der Waals surface area contributed by atoms with Gasteiger partial charge >= 0.3 is 0 Å². The predicted molar refractivity (Wildman–Crippen MR) is 110 cm³/mol. The summed E-state index contributed by atoms with van der Waals surface area (Å²) in [5.74, 6) is 2.92. The van der Waals surface area contributed by atoms with Crippen LogP contribution in [-0.2, 0) is 0 Å². The Morgan fingerprint density at radius 2 is 1.86 bits per heavy atom. The summed E-state index contributed by atoms with van der Waals surface area (Å²) in [5.41, 5.74) is 6.85. The van der Waals surface area contributed by atoms with Gasteiger partial charge in [0, 0.05) is 18.0 Å². The number of hydrogen-bond acceptors (Lipinski definition) is 8. The number of likely N-dealkylation sites (N-methyl/N-ethyl adjacent to an activating group) is 1. The highest BCUT2D eigenvalue weighted by Gasteiger charge is 2.21. The van der Waals surface area contributed by atoms with E-state index >= 15 is 0 Å². The number of nitrogens with one attached hydrogen (secondary N) is 1. The number of furan rings is 1. The molecule has 8 heteroatoms. The fraction of sp³-hybridized carbons (Fsp3) is 0.400. The molecule has 0 bridgehead atoms. The summed E-state index contributed by atoms with van der Waals surface area (Å²) in [6.07, 6.45) is 1.69. The monoisotopic (exact) mass is 385 g/mol. The van der Waals surface area contributed by atoms with Crippen LogP contribution in [-0.4, -0.2) is 48.7 Å². The number of anilines is 2. The zero-order valence-corrected chi connectivity index (χ0v) is 16.7. The number of hydrogen-bond donors (Lipinski definition) is 2. The molecular weight excluding hydrogens is 358 g/mol. The first-order valence-electron chi connectivity index (χ1n) is 9.31. The maximum atomic E-state index is 6.17. The van der Waals surface area contributed by atoms with Crippen LogP contribution in [0.25, 0.3) is 10.9 Å². The molecule has 2 aromatic heterocycles. The minimum Gasteiger partial charge on any atom is -0.493 e. The summed E-state index contributed by atoms with van der Waals surface area (Å²) in [7, 11) is 3.17. The molecule has 0 aliphatic carbocycles. The van der Waals surface area contributed by atoms with E-state index < -0.39 is 0 Å². The van der Waals surface area contributed by atoms with Crippen molar-refractivity contribution in [2.24, 2.45) is 0 Å². The molecule has 1 atom stereocenters. The van der Waals surface area contributed by atoms with E-state index in [9.17, 15) is 0 Å². The van der Waals surface area contributed by atoms with E-state index in [4.69, 9.17) is 19.6 Å². The Bertz CT molecular complexity index is 910. The lowest BCUT2D eigenvalue weighted by Crippen LogP contribution is -2.33. The molecule has 8 nitrogen and oxygen atoms in total. The van der Waals surface area contributed by atoms with Crippen molar-refractivity contribution < 1.29 is 13.9 Å². The summed E-state index contributed by atoms with van der Waals surface area (Å²) in [6.45, 7) is 6.66. The van der Waals surface area contributed by atoms with Gasteiger partial charge in [0.15, 0.2) is 11.5 Å². The number of methoxy groups -OCH3 is 2. The number of ether oxygens (including phenoxy) is 2. The van der Waals surface area contributed by atoms with Gasteiger partial charge in [0.1, 0.15) is 11.6 Å². The van der Waals surface area contributed by atoms with Gasteiger partial charge in [-0.25, -0.2) is 4.98 Å². The third-order valence-electron chi connectivity index (χ3n) is 4.81. The van der Waals surface area contributed by atoms with Crippen LogP contribution in [0.5, 0.6) is 11.5 Å². The minimum absolute atomic E-state index is 0.0657. The van der Waals surface area contributed by atoms with E-state index in [1.54, 1.807) is 32.6 Å². The van der Waals surface area contributed by atoms with Gasteiger partial charge in [0.25, 0.3) is 0 Å². The van der Waals surface area contributed by atoms with Crippen molar-refractivity contribution in [3.8, 4) is 11.5 Å². The molecular formula is C20H27N5O3. The summed E-state index contributed by atoms with van der Waals surface area (Å²) in [5, 5.41) is 4.02. The molecule has 0 radical (unpaired) electrons. The quantitative estimate of drug-likeness (QED) is 0.579. The van der Waals surface area contributed by atoms with Crippen molar-refractivity contribution in [1.82, 2.24) is 14.9 Å². The van der Waals surface area contributed by atoms with E-state index in [0.717, 1.165) is 24.2 Å². The van der Waals surface area contributed by atoms with Crippen molar-refractivity contribution in [1.29, 1.82) is 0 Å². The average molecular weight is 385 g/mol. The summed E-state index contributed by atoms with van der Waals surface area (Å²) in [4.78, 5) is 11.3. The third-order valence-corrected chi connectivity index (χ3v) is 4.81. The normalized spacial score (nSPS) is 12.3. The zero-order valence-electron chi connectivity index (χ0n) is 16.7. The second-order valence-corrected chi connectivity index (χ2v) is 6.29. The molecule has 0 spiro atoms. The first kappa shape index (κ1) is 19.8. The topological polar surface area (TPSA) is 98.7 Å². The number of benzene rings is 1. The molecule has 0 fully saturated rings. The van der Waals surface area contributed by atoms with Crippen molar-refractivity contribution in [2.75, 3.05) is 44.9 Å². The number of rotatable bonds is 9. The molecule has 2 heterocycles. The SMILES string of the molecule is CCN(CC)C(CNc1nc(N)c2cc(OC)c(OC)cc2n1)c1ccco1. The highest BCUT2D eigenvalue weighted by atomic mass is 16.5. The van der Waals surface area contributed by atoms with Crippen LogP contribution in [0.4, 0.5) is 11.8 Å². The minimum atomic E-state index is 0.0657. The van der Waals surface area contributed by atoms with Crippen molar-refractivity contribution in [3.63, 3.8) is 0 Å². The molecule has 150 valence electrons. The molecule has 3 aromatic rings. The second-order valence-electron chi connectivity index (χ2n) is 6.29. The van der Waals surface area contributed by atoms with Crippen molar-refractivity contribution in [2.45, 2.75) is 19.9 Å². The Kier molecular flexibility index (Phi) is 6.20. The van der Waals surface area contributed by atoms with Crippen LogP contribution in [0, 0.1) is 0 Å². The predicted octanol–water partition coefficient (Wildman–Crippen LogP) is 3.32. The zero-order chi connectivity index (χ0) is 20.1. The highest BCUT2D eigenvalue weighted by molar-refractivity contribution is 5.91. The summed E-state index contributed by atoms with van der Waals surface area (Å²) < 4.78 is 16.3. The average Bonchev–Trinajstić information content (AvgIpc) is 3.24. The molecule has 3 N–H and O–H groups in total. The van der Waals surface area contributed by atoms with Gasteiger partial charge in [-0.05, 0) is 31.3 Å². The van der Waals surface area contributed by atoms with E-state index in [1.165, 1.54) is 0 Å². The van der Waals surface area contributed by atoms with Gasteiger partial charge in [0.05, 0.1) is 32.0 Å². The van der Waals surface area contributed by atoms with Gasteiger partial charge in [-0.1, -0.05) is 13.8 Å². The smallest absolute Gasteiger partial charge is 0.225 e. The molecule has 1 aromatic carbocycles. The molecule has 0 saturated heterocycles. The highest BCUT2D eigenvalue weighted by Crippen LogP contribution is 2.33. The van der Waals surface area contributed by atoms with Crippen LogP contribution >= 0.6 is 0 Å². The Morgan fingerprint density at radius 1 is 1.14 bits per heavy atom. The Morgan fingerprint density at radius 3 is 2.46 bits per heavy atom. The third kappa shape index (κ3) is 3.96. The van der Waals surface area contributed by atoms with E-state index in [2.05, 4.69) is 34.0 Å². The summed E-state index contributed by atoms with van der Waals surface area (Å²) >= 11 is 0. The summed E-state index contributed by atoms with van der Waals surface area (Å²) in [6, 6.07) is 7.53. The maximum absolute atomic E-state index is 6.17. The standard InChI is InChI=1S/C20H27N5O3/c1-5-25(6-2)15(16-8-7-9-28-16)12-22-20-23-14-11-18(27-4)17(26-3)10-13(14)19(21)24-20/h7-11,15H,5-6,12H2,1-4H3,(H3,21,22,23,24). The van der Waals surface area contributed by atoms with Crippen LogP contribution in [0.15, 0.2) is 34.9 Å². The van der Waals surface area contributed by atoms with Gasteiger partial charge in [-0.3, -0.25) is 4.90 Å². The lowest BCUT2D eigenvalue weighted by atomic mass is 10.2.